The van der Waals surface area contributed by atoms with Crippen LogP contribution in [0.5, 0.6) is 11.5 Å². The van der Waals surface area contributed by atoms with Crippen LogP contribution in [0.3, 0.4) is 0 Å². The molecule has 0 bridgehead atoms. The molecule has 0 spiro atoms. The standard InChI is InChI=1S/C16H17ClFNO2/c1-10(11-4-6-12(18)7-5-11)19-14-8-13(17)15(20-2)9-16(14)21-3/h4-10,19H,1-3H3. The lowest BCUT2D eigenvalue weighted by Crippen LogP contribution is -2.08. The van der Waals surface area contributed by atoms with Crippen molar-refractivity contribution in [2.24, 2.45) is 0 Å². The van der Waals surface area contributed by atoms with Gasteiger partial charge in [0.15, 0.2) is 0 Å². The number of hydrogen-bond acceptors (Lipinski definition) is 3. The Morgan fingerprint density at radius 1 is 1.05 bits per heavy atom. The van der Waals surface area contributed by atoms with E-state index in [0.717, 1.165) is 11.3 Å². The molecule has 1 unspecified atom stereocenters. The van der Waals surface area contributed by atoms with Crippen molar-refractivity contribution in [1.29, 1.82) is 0 Å². The molecule has 0 amide bonds. The van der Waals surface area contributed by atoms with Crippen molar-refractivity contribution in [3.63, 3.8) is 0 Å². The Bertz CT molecular complexity index is 616. The number of benzene rings is 2. The molecule has 2 rings (SSSR count). The summed E-state index contributed by atoms with van der Waals surface area (Å²) in [4.78, 5) is 0. The number of hydrogen-bond donors (Lipinski definition) is 1. The fourth-order valence-corrected chi connectivity index (χ4v) is 2.28. The van der Waals surface area contributed by atoms with E-state index in [1.54, 1.807) is 38.5 Å². The highest BCUT2D eigenvalue weighted by atomic mass is 35.5. The predicted molar refractivity (Wildman–Crippen MR) is 83.0 cm³/mol. The third-order valence-corrected chi connectivity index (χ3v) is 3.51. The molecular formula is C16H17ClFNO2. The number of halogens is 2. The molecule has 1 atom stereocenters. The average Bonchev–Trinajstić information content (AvgIpc) is 2.48. The Morgan fingerprint density at radius 3 is 2.24 bits per heavy atom. The Kier molecular flexibility index (Phi) is 4.91. The summed E-state index contributed by atoms with van der Waals surface area (Å²) < 4.78 is 23.5. The fraction of sp³-hybridized carbons (Fsp3) is 0.250. The van der Waals surface area contributed by atoms with E-state index in [1.165, 1.54) is 12.1 Å². The van der Waals surface area contributed by atoms with Crippen LogP contribution in [0.15, 0.2) is 36.4 Å². The molecule has 0 aliphatic rings. The molecule has 2 aromatic rings. The van der Waals surface area contributed by atoms with E-state index < -0.39 is 0 Å². The molecular weight excluding hydrogens is 293 g/mol. The van der Waals surface area contributed by atoms with Crippen LogP contribution in [-0.2, 0) is 0 Å². The largest absolute Gasteiger partial charge is 0.495 e. The highest BCUT2D eigenvalue weighted by Crippen LogP contribution is 2.37. The van der Waals surface area contributed by atoms with Gasteiger partial charge in [0.2, 0.25) is 0 Å². The van der Waals surface area contributed by atoms with Crippen LogP contribution in [-0.4, -0.2) is 14.2 Å². The van der Waals surface area contributed by atoms with E-state index in [1.807, 2.05) is 6.92 Å². The van der Waals surface area contributed by atoms with Gasteiger partial charge in [-0.15, -0.1) is 0 Å². The van der Waals surface area contributed by atoms with Gasteiger partial charge >= 0.3 is 0 Å². The Labute approximate surface area is 128 Å². The number of ether oxygens (including phenoxy) is 2. The summed E-state index contributed by atoms with van der Waals surface area (Å²) in [7, 11) is 3.13. The number of methoxy groups -OCH3 is 2. The summed E-state index contributed by atoms with van der Waals surface area (Å²) in [6, 6.07) is 9.80. The van der Waals surface area contributed by atoms with Crippen LogP contribution in [0.4, 0.5) is 10.1 Å². The first-order valence-electron chi connectivity index (χ1n) is 6.48. The summed E-state index contributed by atoms with van der Waals surface area (Å²) in [6.45, 7) is 1.98. The van der Waals surface area contributed by atoms with Gasteiger partial charge in [-0.2, -0.15) is 0 Å². The van der Waals surface area contributed by atoms with Gasteiger partial charge in [-0.25, -0.2) is 4.39 Å². The molecule has 112 valence electrons. The van der Waals surface area contributed by atoms with Crippen molar-refractivity contribution >= 4 is 17.3 Å². The summed E-state index contributed by atoms with van der Waals surface area (Å²) in [5.74, 6) is 0.926. The molecule has 21 heavy (non-hydrogen) atoms. The lowest BCUT2D eigenvalue weighted by Gasteiger charge is -2.19. The van der Waals surface area contributed by atoms with Crippen LogP contribution in [0.2, 0.25) is 5.02 Å². The molecule has 1 N–H and O–H groups in total. The first kappa shape index (κ1) is 15.4. The van der Waals surface area contributed by atoms with Crippen LogP contribution < -0.4 is 14.8 Å². The van der Waals surface area contributed by atoms with Crippen molar-refractivity contribution in [2.75, 3.05) is 19.5 Å². The van der Waals surface area contributed by atoms with Crippen LogP contribution in [0.25, 0.3) is 0 Å². The fourth-order valence-electron chi connectivity index (χ4n) is 2.04. The zero-order valence-electron chi connectivity index (χ0n) is 12.1. The molecule has 0 saturated heterocycles. The zero-order valence-corrected chi connectivity index (χ0v) is 12.9. The van der Waals surface area contributed by atoms with Crippen LogP contribution in [0.1, 0.15) is 18.5 Å². The van der Waals surface area contributed by atoms with Gasteiger partial charge < -0.3 is 14.8 Å². The van der Waals surface area contributed by atoms with Crippen molar-refractivity contribution in [2.45, 2.75) is 13.0 Å². The van der Waals surface area contributed by atoms with E-state index in [2.05, 4.69) is 5.32 Å². The maximum absolute atomic E-state index is 13.0. The molecule has 3 nitrogen and oxygen atoms in total. The molecule has 0 heterocycles. The van der Waals surface area contributed by atoms with Crippen molar-refractivity contribution in [1.82, 2.24) is 0 Å². The van der Waals surface area contributed by atoms with Crippen molar-refractivity contribution < 1.29 is 13.9 Å². The smallest absolute Gasteiger partial charge is 0.145 e. The molecule has 0 radical (unpaired) electrons. The van der Waals surface area contributed by atoms with E-state index in [-0.39, 0.29) is 11.9 Å². The average molecular weight is 310 g/mol. The number of anilines is 1. The quantitative estimate of drug-likeness (QED) is 0.870. The third kappa shape index (κ3) is 3.58. The van der Waals surface area contributed by atoms with Gasteiger partial charge in [-0.05, 0) is 30.7 Å². The van der Waals surface area contributed by atoms with Gasteiger partial charge in [0.25, 0.3) is 0 Å². The number of rotatable bonds is 5. The molecule has 0 saturated carbocycles. The topological polar surface area (TPSA) is 30.5 Å². The van der Waals surface area contributed by atoms with Crippen molar-refractivity contribution in [3.05, 3.63) is 52.8 Å². The highest BCUT2D eigenvalue weighted by Gasteiger charge is 2.13. The van der Waals surface area contributed by atoms with Crippen LogP contribution >= 0.6 is 11.6 Å². The number of nitrogens with one attached hydrogen (secondary N) is 1. The second kappa shape index (κ2) is 6.68. The van der Waals surface area contributed by atoms with E-state index in [9.17, 15) is 4.39 Å². The predicted octanol–water partition coefficient (Wildman–Crippen LogP) is 4.67. The molecule has 2 aromatic carbocycles. The lowest BCUT2D eigenvalue weighted by atomic mass is 10.1. The highest BCUT2D eigenvalue weighted by molar-refractivity contribution is 6.32. The summed E-state index contributed by atoms with van der Waals surface area (Å²) >= 11 is 6.14. The molecule has 0 fully saturated rings. The first-order chi connectivity index (χ1) is 10.0. The monoisotopic (exact) mass is 309 g/mol. The Balaban J connectivity index is 2.26. The minimum absolute atomic E-state index is 0.0241. The van der Waals surface area contributed by atoms with E-state index >= 15 is 0 Å². The van der Waals surface area contributed by atoms with E-state index in [0.29, 0.717) is 16.5 Å². The second-order valence-corrected chi connectivity index (χ2v) is 5.01. The minimum atomic E-state index is -0.254. The third-order valence-electron chi connectivity index (χ3n) is 3.22. The van der Waals surface area contributed by atoms with Crippen LogP contribution in [0, 0.1) is 5.82 Å². The summed E-state index contributed by atoms with van der Waals surface area (Å²) in [5.41, 5.74) is 1.71. The second-order valence-electron chi connectivity index (χ2n) is 4.60. The van der Waals surface area contributed by atoms with E-state index in [4.69, 9.17) is 21.1 Å². The Morgan fingerprint density at radius 2 is 1.67 bits per heavy atom. The van der Waals surface area contributed by atoms with Gasteiger partial charge in [0.1, 0.15) is 17.3 Å². The summed E-state index contributed by atoms with van der Waals surface area (Å²) in [6.07, 6.45) is 0. The Hall–Kier alpha value is -1.94. The molecule has 0 aliphatic heterocycles. The van der Waals surface area contributed by atoms with Gasteiger partial charge in [0.05, 0.1) is 24.9 Å². The SMILES string of the molecule is COc1cc(OC)c(NC(C)c2ccc(F)cc2)cc1Cl. The van der Waals surface area contributed by atoms with Gasteiger partial charge in [0, 0.05) is 12.1 Å². The molecule has 0 aromatic heterocycles. The van der Waals surface area contributed by atoms with Crippen molar-refractivity contribution in [3.8, 4) is 11.5 Å². The normalized spacial score (nSPS) is 11.9. The minimum Gasteiger partial charge on any atom is -0.495 e. The lowest BCUT2D eigenvalue weighted by molar-refractivity contribution is 0.395. The summed E-state index contributed by atoms with van der Waals surface area (Å²) in [5, 5.41) is 3.79. The molecule has 5 heteroatoms. The molecule has 0 aliphatic carbocycles. The van der Waals surface area contributed by atoms with Gasteiger partial charge in [-0.1, -0.05) is 23.7 Å². The zero-order chi connectivity index (χ0) is 15.4. The van der Waals surface area contributed by atoms with Gasteiger partial charge in [-0.3, -0.25) is 0 Å². The maximum atomic E-state index is 13.0. The first-order valence-corrected chi connectivity index (χ1v) is 6.86. The maximum Gasteiger partial charge on any atom is 0.145 e.